The second-order valence-corrected chi connectivity index (χ2v) is 30.6. The number of aliphatic hydroxyl groups excluding tert-OH is 1. The molecule has 0 aromatic carbocycles. The third-order valence-corrected chi connectivity index (χ3v) is 19.2. The van der Waals surface area contributed by atoms with Gasteiger partial charge in [-0.3, -0.25) is 37.3 Å². The van der Waals surface area contributed by atoms with Crippen LogP contribution in [0.2, 0.25) is 0 Å². The molecule has 618 valence electrons. The molecule has 19 heteroatoms. The highest BCUT2D eigenvalue weighted by atomic mass is 31.2. The minimum atomic E-state index is -5.00. The van der Waals surface area contributed by atoms with Crippen molar-refractivity contribution in [3.05, 3.63) is 146 Å². The quantitative estimate of drug-likeness (QED) is 0.0169. The molecule has 0 aliphatic rings. The van der Waals surface area contributed by atoms with Crippen molar-refractivity contribution in [2.45, 2.75) is 354 Å². The van der Waals surface area contributed by atoms with Gasteiger partial charge < -0.3 is 33.8 Å². The Morgan fingerprint density at radius 2 is 0.500 bits per heavy atom. The molecule has 0 aliphatic heterocycles. The Morgan fingerprint density at radius 1 is 0.269 bits per heavy atom. The van der Waals surface area contributed by atoms with Gasteiger partial charge >= 0.3 is 39.5 Å². The molecule has 0 aromatic rings. The molecule has 0 rings (SSSR count). The molecule has 5 atom stereocenters. The first kappa shape index (κ1) is 103. The van der Waals surface area contributed by atoms with E-state index in [9.17, 15) is 43.2 Å². The summed E-state index contributed by atoms with van der Waals surface area (Å²) in [6.07, 6.45) is 92.5. The number of phosphoric ester groups is 2. The highest BCUT2D eigenvalue weighted by Gasteiger charge is 2.30. The fourth-order valence-corrected chi connectivity index (χ4v) is 12.6. The van der Waals surface area contributed by atoms with Gasteiger partial charge in [0.05, 0.1) is 26.4 Å². The normalized spacial score (nSPS) is 14.5. The number of hydrogen-bond acceptors (Lipinski definition) is 15. The van der Waals surface area contributed by atoms with E-state index in [0.717, 1.165) is 180 Å². The topological polar surface area (TPSA) is 237 Å². The Labute approximate surface area is 656 Å². The lowest BCUT2D eigenvalue weighted by atomic mass is 10.0. The predicted octanol–water partition coefficient (Wildman–Crippen LogP) is 25.0. The Kier molecular flexibility index (Phi) is 76.3. The zero-order chi connectivity index (χ0) is 78.9. The summed E-state index contributed by atoms with van der Waals surface area (Å²) in [6, 6.07) is 0. The van der Waals surface area contributed by atoms with Gasteiger partial charge in [0.15, 0.2) is 12.2 Å². The predicted molar refractivity (Wildman–Crippen MR) is 445 cm³/mol. The van der Waals surface area contributed by atoms with Crippen LogP contribution in [0.4, 0.5) is 0 Å². The standard InChI is InChI=1S/C89H150O17P2/c1-5-9-13-17-21-25-29-33-36-39-41-44-46-50-53-57-61-65-69-73-86(91)99-79-84(105-88(93)75-71-67-63-59-55-49-32-28-24-20-16-12-8-4)81-103-107(95,96)101-77-83(90)78-102-108(97,98)104-82-85(106-89(94)76-72-68-64-60-56-52-48-43-38-35-31-27-23-19-15-11-7-3)80-100-87(92)74-70-66-62-58-54-51-47-45-42-40-37-34-30-26-22-18-14-10-6-2/h10-11,14-15,21-23,25-27,33-38,41-42,44-45,51,54,62,66,83-85,90H,5-9,12-13,16-20,24,28-32,39-40,43,46-50,52-53,55-61,63-65,67-82H2,1-4H3,(H,95,96)(H,97,98)/b14-10-,15-11-,25-21-,26-22-,27-23-,36-33-,37-34-,38-35-,44-41-,45-42-,54-51-,66-62-. The van der Waals surface area contributed by atoms with Crippen LogP contribution in [-0.4, -0.2) is 96.7 Å². The van der Waals surface area contributed by atoms with E-state index in [4.69, 9.17) is 37.0 Å². The number of esters is 4. The average molecular weight is 1550 g/mol. The molecule has 108 heavy (non-hydrogen) atoms. The summed E-state index contributed by atoms with van der Waals surface area (Å²) in [4.78, 5) is 73.2. The van der Waals surface area contributed by atoms with Crippen LogP contribution in [0.1, 0.15) is 336 Å². The number of aliphatic hydroxyl groups is 1. The van der Waals surface area contributed by atoms with Gasteiger partial charge in [0.1, 0.15) is 19.3 Å². The van der Waals surface area contributed by atoms with Crippen molar-refractivity contribution in [2.75, 3.05) is 39.6 Å². The molecule has 3 N–H and O–H groups in total. The molecule has 0 radical (unpaired) electrons. The first-order valence-electron chi connectivity index (χ1n) is 42.1. The first-order valence-corrected chi connectivity index (χ1v) is 45.1. The highest BCUT2D eigenvalue weighted by molar-refractivity contribution is 7.47. The summed E-state index contributed by atoms with van der Waals surface area (Å²) in [5, 5.41) is 10.7. The van der Waals surface area contributed by atoms with Crippen molar-refractivity contribution >= 4 is 39.5 Å². The van der Waals surface area contributed by atoms with Crippen LogP contribution >= 0.6 is 15.6 Å². The molecule has 0 aromatic heterocycles. The number of unbranched alkanes of at least 4 members (excludes halogenated alkanes) is 28. The average Bonchev–Trinajstić information content (AvgIpc) is 0.886. The van der Waals surface area contributed by atoms with Gasteiger partial charge in [-0.05, 0) is 135 Å². The summed E-state index contributed by atoms with van der Waals surface area (Å²) in [5.74, 6) is -2.29. The molecule has 0 saturated heterocycles. The Hall–Kier alpha value is -5.06. The van der Waals surface area contributed by atoms with E-state index in [-0.39, 0.29) is 25.7 Å². The lowest BCUT2D eigenvalue weighted by molar-refractivity contribution is -0.161. The summed E-state index contributed by atoms with van der Waals surface area (Å²) in [7, 11) is -9.99. The largest absolute Gasteiger partial charge is 0.472 e. The SMILES string of the molecule is CC/C=C\C/C=C\C/C=C\C/C=C\C/C=C\C/C=C\CCC(=O)OCC(COP(=O)(O)OCC(O)COP(=O)(O)OCC(COC(=O)CCCCCCCC/C=C\C/C=C\C/C=C\CCCCC)OC(=O)CCCCCCCCCCCCCCC)OC(=O)CCCCCCCCC/C=C\C/C=C\C/C=C\CC. The van der Waals surface area contributed by atoms with Crippen molar-refractivity contribution in [2.24, 2.45) is 0 Å². The molecular weight excluding hydrogens is 1400 g/mol. The van der Waals surface area contributed by atoms with E-state index < -0.39 is 97.5 Å². The van der Waals surface area contributed by atoms with Gasteiger partial charge in [0.2, 0.25) is 0 Å². The van der Waals surface area contributed by atoms with Gasteiger partial charge in [-0.1, -0.05) is 321 Å². The van der Waals surface area contributed by atoms with Crippen LogP contribution in [0.3, 0.4) is 0 Å². The number of phosphoric acid groups is 2. The molecule has 0 fully saturated rings. The van der Waals surface area contributed by atoms with Gasteiger partial charge in [-0.2, -0.15) is 0 Å². The second-order valence-electron chi connectivity index (χ2n) is 27.7. The van der Waals surface area contributed by atoms with E-state index in [1.54, 1.807) is 0 Å². The molecule has 0 heterocycles. The number of allylic oxidation sites excluding steroid dienone is 24. The van der Waals surface area contributed by atoms with Crippen molar-refractivity contribution in [1.82, 2.24) is 0 Å². The minimum Gasteiger partial charge on any atom is -0.462 e. The van der Waals surface area contributed by atoms with E-state index in [0.29, 0.717) is 32.1 Å². The Balaban J connectivity index is 5.43. The summed E-state index contributed by atoms with van der Waals surface area (Å²) in [5.41, 5.74) is 0. The lowest BCUT2D eigenvalue weighted by Crippen LogP contribution is -2.30. The molecule has 0 aliphatic carbocycles. The van der Waals surface area contributed by atoms with Gasteiger partial charge in [-0.25, -0.2) is 9.13 Å². The summed E-state index contributed by atoms with van der Waals surface area (Å²) >= 11 is 0. The number of hydrogen-bond donors (Lipinski definition) is 3. The highest BCUT2D eigenvalue weighted by Crippen LogP contribution is 2.45. The lowest BCUT2D eigenvalue weighted by Gasteiger charge is -2.21. The summed E-state index contributed by atoms with van der Waals surface area (Å²) < 4.78 is 68.7. The van der Waals surface area contributed by atoms with E-state index >= 15 is 0 Å². The van der Waals surface area contributed by atoms with E-state index in [1.165, 1.54) is 70.6 Å². The fraction of sp³-hybridized carbons (Fsp3) is 0.685. The molecule has 0 bridgehead atoms. The number of carbonyl (C=O) groups is 4. The Morgan fingerprint density at radius 3 is 0.815 bits per heavy atom. The number of rotatable bonds is 78. The van der Waals surface area contributed by atoms with Gasteiger partial charge in [0.25, 0.3) is 0 Å². The van der Waals surface area contributed by atoms with E-state index in [1.807, 2.05) is 18.2 Å². The summed E-state index contributed by atoms with van der Waals surface area (Å²) in [6.45, 7) is 4.55. The maximum atomic E-state index is 13.1. The monoisotopic (exact) mass is 1550 g/mol. The second kappa shape index (κ2) is 80.0. The van der Waals surface area contributed by atoms with Crippen molar-refractivity contribution < 1.29 is 80.2 Å². The maximum Gasteiger partial charge on any atom is 0.472 e. The van der Waals surface area contributed by atoms with Crippen molar-refractivity contribution in [3.63, 3.8) is 0 Å². The molecule has 0 spiro atoms. The molecule has 17 nitrogen and oxygen atoms in total. The van der Waals surface area contributed by atoms with E-state index in [2.05, 4.69) is 155 Å². The Bertz CT molecular complexity index is 2610. The number of carbonyl (C=O) groups excluding carboxylic acids is 4. The molecule has 0 saturated carbocycles. The number of ether oxygens (including phenoxy) is 4. The van der Waals surface area contributed by atoms with Crippen LogP contribution in [0.15, 0.2) is 146 Å². The van der Waals surface area contributed by atoms with Gasteiger partial charge in [-0.15, -0.1) is 0 Å². The van der Waals surface area contributed by atoms with Crippen LogP contribution in [0, 0.1) is 0 Å². The fourth-order valence-electron chi connectivity index (χ4n) is 11.0. The van der Waals surface area contributed by atoms with Crippen LogP contribution in [0.25, 0.3) is 0 Å². The van der Waals surface area contributed by atoms with Crippen molar-refractivity contribution in [3.8, 4) is 0 Å². The van der Waals surface area contributed by atoms with Crippen LogP contribution < -0.4 is 0 Å². The van der Waals surface area contributed by atoms with Crippen LogP contribution in [-0.2, 0) is 65.4 Å². The van der Waals surface area contributed by atoms with Crippen LogP contribution in [0.5, 0.6) is 0 Å². The molecule has 5 unspecified atom stereocenters. The smallest absolute Gasteiger partial charge is 0.462 e. The van der Waals surface area contributed by atoms with Gasteiger partial charge in [0, 0.05) is 25.7 Å². The first-order chi connectivity index (χ1) is 52.7. The molecular formula is C89H150O17P2. The minimum absolute atomic E-state index is 0.0304. The third-order valence-electron chi connectivity index (χ3n) is 17.3. The third kappa shape index (κ3) is 79.0. The zero-order valence-corrected chi connectivity index (χ0v) is 69.5. The maximum absolute atomic E-state index is 13.1. The zero-order valence-electron chi connectivity index (χ0n) is 67.7. The van der Waals surface area contributed by atoms with Crippen molar-refractivity contribution in [1.29, 1.82) is 0 Å². The molecule has 0 amide bonds.